The summed E-state index contributed by atoms with van der Waals surface area (Å²) >= 11 is 6.25. The molecule has 1 rings (SSSR count). The van der Waals surface area contributed by atoms with Crippen LogP contribution in [0.25, 0.3) is 0 Å². The molecular formula is C11H18N4OS2. The number of nitrogens with zero attached hydrogens (tertiary/aromatic N) is 2. The second-order valence-corrected chi connectivity index (χ2v) is 5.98. The van der Waals surface area contributed by atoms with Gasteiger partial charge in [0.05, 0.1) is 10.9 Å². The highest BCUT2D eigenvalue weighted by Crippen LogP contribution is 2.19. The fourth-order valence-corrected chi connectivity index (χ4v) is 2.67. The maximum atomic E-state index is 11.9. The van der Waals surface area contributed by atoms with Crippen LogP contribution in [0.1, 0.15) is 32.2 Å². The maximum Gasteiger partial charge on any atom is 0.236 e. The van der Waals surface area contributed by atoms with Crippen molar-refractivity contribution in [1.82, 2.24) is 10.2 Å². The fourth-order valence-electron chi connectivity index (χ4n) is 1.44. The highest BCUT2D eigenvalue weighted by molar-refractivity contribution is 7.80. The van der Waals surface area contributed by atoms with Gasteiger partial charge in [0.15, 0.2) is 0 Å². The van der Waals surface area contributed by atoms with Gasteiger partial charge in [-0.2, -0.15) is 0 Å². The summed E-state index contributed by atoms with van der Waals surface area (Å²) in [5.74, 6) is -0.142. The fraction of sp³-hybridized carbons (Fsp3) is 0.636. The normalized spacial score (nSPS) is 12.4. The van der Waals surface area contributed by atoms with E-state index in [9.17, 15) is 4.79 Å². The molecule has 3 N–H and O–H groups in total. The molecule has 0 fully saturated rings. The van der Waals surface area contributed by atoms with Crippen LogP contribution in [0.15, 0.2) is 0 Å². The first-order valence-corrected chi connectivity index (χ1v) is 7.09. The molecule has 0 aliphatic heterocycles. The number of carbonyl (C=O) groups excluding carboxylic acids is 1. The van der Waals surface area contributed by atoms with Gasteiger partial charge in [0.1, 0.15) is 5.01 Å². The lowest BCUT2D eigenvalue weighted by Gasteiger charge is -2.11. The highest BCUT2D eigenvalue weighted by atomic mass is 32.1. The Morgan fingerprint density at radius 2 is 2.17 bits per heavy atom. The van der Waals surface area contributed by atoms with Crippen LogP contribution >= 0.6 is 23.6 Å². The van der Waals surface area contributed by atoms with Crippen molar-refractivity contribution in [3.63, 3.8) is 0 Å². The number of hydrogen-bond donors (Lipinski definition) is 2. The first-order chi connectivity index (χ1) is 8.43. The van der Waals surface area contributed by atoms with Gasteiger partial charge >= 0.3 is 0 Å². The predicted octanol–water partition coefficient (Wildman–Crippen LogP) is 1.99. The molecule has 1 unspecified atom stereocenters. The zero-order chi connectivity index (χ0) is 13.7. The van der Waals surface area contributed by atoms with Crippen LogP contribution < -0.4 is 11.1 Å². The van der Waals surface area contributed by atoms with E-state index in [1.165, 1.54) is 11.3 Å². The standard InChI is InChI=1S/C11H18N4OS2/c1-4-7(9(12)17)10(16)13-11-15-14-8(18-11)5-6(2)3/h6-7H,4-5H2,1-3H3,(H2,12,17)(H,13,15,16). The molecule has 18 heavy (non-hydrogen) atoms. The molecule has 1 atom stereocenters. The topological polar surface area (TPSA) is 80.9 Å². The van der Waals surface area contributed by atoms with Gasteiger partial charge in [-0.1, -0.05) is 44.3 Å². The lowest BCUT2D eigenvalue weighted by atomic mass is 10.1. The lowest BCUT2D eigenvalue weighted by molar-refractivity contribution is -0.118. The zero-order valence-electron chi connectivity index (χ0n) is 10.8. The van der Waals surface area contributed by atoms with E-state index in [0.717, 1.165) is 11.4 Å². The molecule has 1 aromatic heterocycles. The molecule has 100 valence electrons. The van der Waals surface area contributed by atoms with Crippen molar-refractivity contribution >= 4 is 39.6 Å². The van der Waals surface area contributed by atoms with E-state index >= 15 is 0 Å². The van der Waals surface area contributed by atoms with Gasteiger partial charge in [0, 0.05) is 6.42 Å². The quantitative estimate of drug-likeness (QED) is 0.782. The summed E-state index contributed by atoms with van der Waals surface area (Å²) in [7, 11) is 0. The van der Waals surface area contributed by atoms with Crippen molar-refractivity contribution < 1.29 is 4.79 Å². The van der Waals surface area contributed by atoms with E-state index in [-0.39, 0.29) is 10.9 Å². The maximum absolute atomic E-state index is 11.9. The Bertz CT molecular complexity index is 430. The molecule has 0 spiro atoms. The van der Waals surface area contributed by atoms with Gasteiger partial charge in [-0.15, -0.1) is 10.2 Å². The second-order valence-electron chi connectivity index (χ2n) is 4.45. The molecule has 0 saturated heterocycles. The van der Waals surface area contributed by atoms with Crippen LogP contribution in [-0.4, -0.2) is 21.1 Å². The molecular weight excluding hydrogens is 268 g/mol. The van der Waals surface area contributed by atoms with E-state index in [4.69, 9.17) is 18.0 Å². The summed E-state index contributed by atoms with van der Waals surface area (Å²) in [4.78, 5) is 12.1. The Morgan fingerprint density at radius 3 is 2.67 bits per heavy atom. The molecule has 0 saturated carbocycles. The van der Waals surface area contributed by atoms with Gasteiger partial charge in [-0.05, 0) is 12.3 Å². The van der Waals surface area contributed by atoms with Crippen molar-refractivity contribution in [1.29, 1.82) is 0 Å². The number of rotatable bonds is 6. The van der Waals surface area contributed by atoms with Crippen molar-refractivity contribution in [2.75, 3.05) is 5.32 Å². The van der Waals surface area contributed by atoms with E-state index in [1.54, 1.807) is 0 Å². The summed E-state index contributed by atoms with van der Waals surface area (Å²) in [6, 6.07) is 0. The minimum absolute atomic E-state index is 0.210. The molecule has 5 nitrogen and oxygen atoms in total. The minimum atomic E-state index is -0.447. The number of nitrogens with two attached hydrogens (primary N) is 1. The summed E-state index contributed by atoms with van der Waals surface area (Å²) in [5, 5.41) is 12.1. The minimum Gasteiger partial charge on any atom is -0.393 e. The number of carbonyl (C=O) groups is 1. The third kappa shape index (κ3) is 4.30. The number of anilines is 1. The largest absolute Gasteiger partial charge is 0.393 e. The number of hydrogen-bond acceptors (Lipinski definition) is 5. The SMILES string of the molecule is CCC(C(=O)Nc1nnc(CC(C)C)s1)C(N)=S. The van der Waals surface area contributed by atoms with Crippen LogP contribution in [0.4, 0.5) is 5.13 Å². The Labute approximate surface area is 116 Å². The van der Waals surface area contributed by atoms with Crippen molar-refractivity contribution in [2.24, 2.45) is 17.6 Å². The average molecular weight is 286 g/mol. The molecule has 1 heterocycles. The molecule has 1 aromatic rings. The number of amides is 1. The highest BCUT2D eigenvalue weighted by Gasteiger charge is 2.20. The summed E-state index contributed by atoms with van der Waals surface area (Å²) in [6.45, 7) is 6.09. The van der Waals surface area contributed by atoms with Crippen LogP contribution in [0.2, 0.25) is 0 Å². The second kappa shape index (κ2) is 6.75. The van der Waals surface area contributed by atoms with E-state index in [1.807, 2.05) is 6.92 Å². The Balaban J connectivity index is 2.64. The van der Waals surface area contributed by atoms with Crippen LogP contribution in [0.3, 0.4) is 0 Å². The predicted molar refractivity (Wildman–Crippen MR) is 77.6 cm³/mol. The molecule has 0 aromatic carbocycles. The average Bonchev–Trinajstić information content (AvgIpc) is 2.64. The number of nitrogens with one attached hydrogen (secondary N) is 1. The molecule has 0 bridgehead atoms. The Kier molecular flexibility index (Phi) is 5.61. The molecule has 0 aliphatic carbocycles. The number of aromatic nitrogens is 2. The van der Waals surface area contributed by atoms with Gasteiger partial charge in [-0.3, -0.25) is 10.1 Å². The van der Waals surface area contributed by atoms with Gasteiger partial charge in [0.2, 0.25) is 11.0 Å². The van der Waals surface area contributed by atoms with Crippen molar-refractivity contribution in [3.05, 3.63) is 5.01 Å². The van der Waals surface area contributed by atoms with E-state index in [2.05, 4.69) is 29.4 Å². The third-order valence-electron chi connectivity index (χ3n) is 2.35. The Hall–Kier alpha value is -1.08. The molecule has 0 aliphatic rings. The first-order valence-electron chi connectivity index (χ1n) is 5.86. The smallest absolute Gasteiger partial charge is 0.236 e. The van der Waals surface area contributed by atoms with Gasteiger partial charge in [0.25, 0.3) is 0 Å². The molecule has 1 amide bonds. The van der Waals surface area contributed by atoms with Gasteiger partial charge in [-0.25, -0.2) is 0 Å². The molecule has 7 heteroatoms. The lowest BCUT2D eigenvalue weighted by Crippen LogP contribution is -2.32. The van der Waals surface area contributed by atoms with Gasteiger partial charge < -0.3 is 5.73 Å². The van der Waals surface area contributed by atoms with Crippen molar-refractivity contribution in [2.45, 2.75) is 33.6 Å². The summed E-state index contributed by atoms with van der Waals surface area (Å²) < 4.78 is 0. The van der Waals surface area contributed by atoms with E-state index < -0.39 is 5.92 Å². The first kappa shape index (κ1) is 15.0. The van der Waals surface area contributed by atoms with E-state index in [0.29, 0.717) is 17.5 Å². The number of thiocarbonyl (C=S) groups is 1. The van der Waals surface area contributed by atoms with Crippen LogP contribution in [-0.2, 0) is 11.2 Å². The monoisotopic (exact) mass is 286 g/mol. The summed E-state index contributed by atoms with van der Waals surface area (Å²) in [5.41, 5.74) is 5.51. The summed E-state index contributed by atoms with van der Waals surface area (Å²) in [6.07, 6.45) is 1.44. The third-order valence-corrected chi connectivity index (χ3v) is 3.49. The van der Waals surface area contributed by atoms with Crippen LogP contribution in [0, 0.1) is 11.8 Å². The van der Waals surface area contributed by atoms with Crippen LogP contribution in [0.5, 0.6) is 0 Å². The molecule has 0 radical (unpaired) electrons. The Morgan fingerprint density at radius 1 is 1.50 bits per heavy atom. The van der Waals surface area contributed by atoms with Crippen molar-refractivity contribution in [3.8, 4) is 0 Å². The zero-order valence-corrected chi connectivity index (χ0v) is 12.4.